The Hall–Kier alpha value is -7.43. The van der Waals surface area contributed by atoms with Crippen molar-refractivity contribution >= 4 is 66.5 Å². The van der Waals surface area contributed by atoms with Crippen LogP contribution in [0.1, 0.15) is 66.0 Å². The molecule has 0 aliphatic rings. The zero-order chi connectivity index (χ0) is 45.7. The van der Waals surface area contributed by atoms with Crippen molar-refractivity contribution in [1.82, 2.24) is 5.43 Å². The summed E-state index contributed by atoms with van der Waals surface area (Å²) in [6, 6.07) is 36.0. The first-order valence-electron chi connectivity index (χ1n) is 20.9. The highest BCUT2D eigenvalue weighted by molar-refractivity contribution is 7.89. The van der Waals surface area contributed by atoms with Gasteiger partial charge in [0, 0.05) is 5.25 Å². The van der Waals surface area contributed by atoms with Crippen molar-refractivity contribution < 1.29 is 19.0 Å². The molecular weight excluding hydrogens is 827 g/mol. The van der Waals surface area contributed by atoms with Crippen LogP contribution in [-0.2, 0) is 23.6 Å². The van der Waals surface area contributed by atoms with Crippen LogP contribution in [0, 0.1) is 69.2 Å². The van der Waals surface area contributed by atoms with Crippen LogP contribution in [0.25, 0.3) is 32.7 Å². The first-order valence-corrected chi connectivity index (χ1v) is 22.1. The summed E-state index contributed by atoms with van der Waals surface area (Å²) in [7, 11) is -1.36. The Morgan fingerprint density at radius 1 is 0.609 bits per heavy atom. The van der Waals surface area contributed by atoms with E-state index in [0.717, 1.165) is 71.9 Å². The van der Waals surface area contributed by atoms with Gasteiger partial charge >= 0.3 is 11.4 Å². The normalized spacial score (nSPS) is 11.5. The molecule has 0 bridgehead atoms. The molecule has 64 heavy (non-hydrogen) atoms. The van der Waals surface area contributed by atoms with E-state index in [-0.39, 0.29) is 0 Å². The van der Waals surface area contributed by atoms with E-state index in [4.69, 9.17) is 0 Å². The molecule has 1 unspecified atom stereocenters. The molecule has 7 rings (SSSR count). The zero-order valence-corrected chi connectivity index (χ0v) is 37.0. The van der Waals surface area contributed by atoms with Crippen LogP contribution in [0.3, 0.4) is 0 Å². The summed E-state index contributed by atoms with van der Waals surface area (Å²) in [5, 5.41) is 44.6. The number of anilines is 2. The number of rotatable bonds is 16. The number of nitro benzene ring substituents is 3. The summed E-state index contributed by atoms with van der Waals surface area (Å²) < 4.78 is 12.5. The maximum atomic E-state index is 12.5. The number of nitro groups is 3. The highest BCUT2D eigenvalue weighted by Gasteiger charge is 2.34. The smallest absolute Gasteiger partial charge is 0.258 e. The fraction of sp³-hybridized carbons (Fsp3) is 0.216. The van der Waals surface area contributed by atoms with E-state index >= 15 is 0 Å². The van der Waals surface area contributed by atoms with Crippen molar-refractivity contribution in [2.24, 2.45) is 0 Å². The Kier molecular flexibility index (Phi) is 13.5. The highest BCUT2D eigenvalue weighted by Crippen LogP contribution is 2.42. The SMILES string of the molecule is CC#CS(=O)c1ccc(-c2c3ccc(C)cc3cc3cc(CCCCCCc4ccc(N([N]c5c([N+](=O)[O-])cc([N+](=O)[O-])cc5[N+](=O)[O-])c5ccc(C)c(C)c5)cc4C)ccc23)cc1. The molecule has 0 amide bonds. The molecule has 0 aliphatic heterocycles. The lowest BCUT2D eigenvalue weighted by molar-refractivity contribution is -0.402. The molecule has 0 fully saturated rings. The highest BCUT2D eigenvalue weighted by atomic mass is 32.2. The Labute approximate surface area is 373 Å². The summed E-state index contributed by atoms with van der Waals surface area (Å²) in [6.45, 7) is 9.61. The number of hydrogen-bond donors (Lipinski definition) is 0. The quantitative estimate of drug-likeness (QED) is 0.0304. The maximum Gasteiger partial charge on any atom is 0.310 e. The predicted molar refractivity (Wildman–Crippen MR) is 255 cm³/mol. The molecule has 323 valence electrons. The van der Waals surface area contributed by atoms with Crippen molar-refractivity contribution in [3.8, 4) is 22.3 Å². The average Bonchev–Trinajstić information content (AvgIpc) is 3.27. The number of fused-ring (bicyclic) bond motifs is 2. The second kappa shape index (κ2) is 19.3. The Balaban J connectivity index is 1.04. The molecule has 0 spiro atoms. The van der Waals surface area contributed by atoms with Crippen LogP contribution in [-0.4, -0.2) is 19.0 Å². The molecule has 12 nitrogen and oxygen atoms in total. The lowest BCUT2D eigenvalue weighted by atomic mass is 9.90. The molecule has 0 aliphatic carbocycles. The average molecular weight is 873 g/mol. The summed E-state index contributed by atoms with van der Waals surface area (Å²) in [6.07, 6.45) is 5.88. The van der Waals surface area contributed by atoms with Gasteiger partial charge in [-0.05, 0) is 163 Å². The third kappa shape index (κ3) is 9.78. The standard InChI is InChI=1S/C51H46N5O7S/c1-6-25-64(63)45-21-17-39(18-22-45)50-46-23-13-33(2)26-40(46)30-41-29-37(15-24-47(41)50)11-9-7-8-10-12-38-16-20-43(28-36(38)5)53(42-19-14-34(3)35(4)27-42)52-51-48(55(59)60)31-44(54(57)58)32-49(51)56(61)62/h13-24,26-32H,7-12H2,1-5H3. The minimum atomic E-state index is -1.36. The van der Waals surface area contributed by atoms with Gasteiger partial charge in [0.2, 0.25) is 5.69 Å². The Bertz CT molecular complexity index is 3030. The number of aryl methyl sites for hydroxylation is 6. The zero-order valence-electron chi connectivity index (χ0n) is 36.2. The van der Waals surface area contributed by atoms with Crippen LogP contribution in [0.4, 0.5) is 34.1 Å². The van der Waals surface area contributed by atoms with Gasteiger partial charge in [-0.15, -0.1) is 0 Å². The number of nitrogens with zero attached hydrogens (tertiary/aromatic N) is 5. The molecule has 13 heteroatoms. The maximum absolute atomic E-state index is 12.5. The van der Waals surface area contributed by atoms with Crippen molar-refractivity contribution in [2.45, 2.75) is 78.0 Å². The van der Waals surface area contributed by atoms with Crippen LogP contribution >= 0.6 is 0 Å². The summed E-state index contributed by atoms with van der Waals surface area (Å²) in [5.74, 6) is 2.74. The number of non-ortho nitro benzene ring substituents is 1. The lowest BCUT2D eigenvalue weighted by Crippen LogP contribution is -2.25. The van der Waals surface area contributed by atoms with Gasteiger partial charge in [-0.25, -0.2) is 9.22 Å². The Morgan fingerprint density at radius 3 is 1.83 bits per heavy atom. The number of unbranched alkanes of at least 4 members (excludes halogenated alkanes) is 3. The van der Waals surface area contributed by atoms with Crippen LogP contribution < -0.4 is 10.4 Å². The minimum Gasteiger partial charge on any atom is -0.258 e. The largest absolute Gasteiger partial charge is 0.310 e. The third-order valence-corrected chi connectivity index (χ3v) is 12.6. The van der Waals surface area contributed by atoms with E-state index in [0.29, 0.717) is 28.4 Å². The summed E-state index contributed by atoms with van der Waals surface area (Å²) in [5.41, 5.74) is 11.1. The van der Waals surface area contributed by atoms with Gasteiger partial charge in [0.25, 0.3) is 5.69 Å². The third-order valence-electron chi connectivity index (χ3n) is 11.6. The van der Waals surface area contributed by atoms with Crippen molar-refractivity contribution in [3.63, 3.8) is 0 Å². The molecule has 7 aromatic carbocycles. The molecular formula is C51H46N5O7S. The van der Waals surface area contributed by atoms with Crippen LogP contribution in [0.5, 0.6) is 0 Å². The van der Waals surface area contributed by atoms with Gasteiger partial charge < -0.3 is 0 Å². The fourth-order valence-corrected chi connectivity index (χ4v) is 8.74. The van der Waals surface area contributed by atoms with Gasteiger partial charge in [-0.3, -0.25) is 30.3 Å². The summed E-state index contributed by atoms with van der Waals surface area (Å²) in [4.78, 5) is 33.8. The van der Waals surface area contributed by atoms with Gasteiger partial charge in [0.15, 0.2) is 0 Å². The van der Waals surface area contributed by atoms with Gasteiger partial charge in [0.05, 0.1) is 43.2 Å². The van der Waals surface area contributed by atoms with Gasteiger partial charge in [0.1, 0.15) is 10.8 Å². The van der Waals surface area contributed by atoms with E-state index in [2.05, 4.69) is 66.0 Å². The molecule has 0 aromatic heterocycles. The minimum absolute atomic E-state index is 0.510. The van der Waals surface area contributed by atoms with E-state index in [1.165, 1.54) is 37.7 Å². The topological polar surface area (TPSA) is 164 Å². The van der Waals surface area contributed by atoms with Crippen molar-refractivity contribution in [1.29, 1.82) is 0 Å². The second-order valence-corrected chi connectivity index (χ2v) is 17.2. The number of hydrogen-bond acceptors (Lipinski definition) is 8. The molecule has 0 N–H and O–H groups in total. The summed E-state index contributed by atoms with van der Waals surface area (Å²) >= 11 is 0. The predicted octanol–water partition coefficient (Wildman–Crippen LogP) is 13.0. The monoisotopic (exact) mass is 872 g/mol. The van der Waals surface area contributed by atoms with Gasteiger partial charge in [-0.2, -0.15) is 5.43 Å². The van der Waals surface area contributed by atoms with Crippen LogP contribution in [0.2, 0.25) is 0 Å². The lowest BCUT2D eigenvalue weighted by Gasteiger charge is -2.25. The molecule has 0 heterocycles. The van der Waals surface area contributed by atoms with Gasteiger partial charge in [-0.1, -0.05) is 85.0 Å². The first-order chi connectivity index (χ1) is 30.7. The number of benzene rings is 7. The molecule has 1 atom stereocenters. The molecule has 1 radical (unpaired) electrons. The molecule has 0 saturated heterocycles. The van der Waals surface area contributed by atoms with Crippen molar-refractivity contribution in [2.75, 3.05) is 5.01 Å². The molecule has 0 saturated carbocycles. The van der Waals surface area contributed by atoms with Crippen molar-refractivity contribution in [3.05, 3.63) is 179 Å². The molecule has 7 aromatic rings. The van der Waals surface area contributed by atoms with E-state index in [9.17, 15) is 34.6 Å². The second-order valence-electron chi connectivity index (χ2n) is 16.0. The Morgan fingerprint density at radius 2 is 1.22 bits per heavy atom. The fourth-order valence-electron chi connectivity index (χ4n) is 8.05. The van der Waals surface area contributed by atoms with E-state index in [1.807, 2.05) is 75.4 Å². The first kappa shape index (κ1) is 44.6. The van der Waals surface area contributed by atoms with E-state index < -0.39 is 48.3 Å². The van der Waals surface area contributed by atoms with E-state index in [1.54, 1.807) is 13.0 Å². The van der Waals surface area contributed by atoms with Crippen LogP contribution in [0.15, 0.2) is 120 Å².